The summed E-state index contributed by atoms with van der Waals surface area (Å²) in [6.45, 7) is -0.310. The molecular weight excluding hydrogens is 305 g/mol. The molecule has 7 heteroatoms. The van der Waals surface area contributed by atoms with Crippen LogP contribution in [0.4, 0.5) is 4.39 Å². The molecule has 1 N–H and O–H groups in total. The molecule has 1 amide bonds. The lowest BCUT2D eigenvalue weighted by atomic mass is 10.1. The number of carboxylic acids is 1. The number of nitrogens with zero attached hydrogens (tertiary/aromatic N) is 1. The molecule has 0 bridgehead atoms. The molecule has 6 nitrogen and oxygen atoms in total. The Morgan fingerprint density at radius 1 is 1.48 bits per heavy atom. The zero-order chi connectivity index (χ0) is 16.6. The van der Waals surface area contributed by atoms with Gasteiger partial charge in [0.05, 0.1) is 26.3 Å². The minimum atomic E-state index is -2.35. The van der Waals surface area contributed by atoms with Gasteiger partial charge in [-0.05, 0) is 12.1 Å². The van der Waals surface area contributed by atoms with Gasteiger partial charge in [-0.3, -0.25) is 4.79 Å². The number of ether oxygens (including phenoxy) is 1. The van der Waals surface area contributed by atoms with Crippen molar-refractivity contribution in [1.29, 1.82) is 0 Å². The molecule has 0 aliphatic carbocycles. The van der Waals surface area contributed by atoms with E-state index in [0.717, 1.165) is 5.39 Å². The predicted molar refractivity (Wildman–Crippen MR) is 79.1 cm³/mol. The summed E-state index contributed by atoms with van der Waals surface area (Å²) in [5.41, 5.74) is -1.07. The first-order valence-corrected chi connectivity index (χ1v) is 7.17. The SMILES string of the molecule is COc1ccc2c(CC(=O)N3CCC(F)(C(=O)O)C3)coc2c1. The molecule has 1 aliphatic rings. The molecule has 1 aliphatic heterocycles. The quantitative estimate of drug-likeness (QED) is 0.932. The smallest absolute Gasteiger partial charge is 0.343 e. The number of amides is 1. The first kappa shape index (κ1) is 15.3. The minimum Gasteiger partial charge on any atom is -0.497 e. The van der Waals surface area contributed by atoms with E-state index in [9.17, 15) is 14.0 Å². The summed E-state index contributed by atoms with van der Waals surface area (Å²) in [6, 6.07) is 5.27. The monoisotopic (exact) mass is 321 g/mol. The fourth-order valence-electron chi connectivity index (χ4n) is 2.76. The maximum absolute atomic E-state index is 14.0. The van der Waals surface area contributed by atoms with Gasteiger partial charge < -0.3 is 19.2 Å². The van der Waals surface area contributed by atoms with Crippen LogP contribution in [-0.4, -0.2) is 47.8 Å². The van der Waals surface area contributed by atoms with E-state index in [4.69, 9.17) is 14.3 Å². The maximum Gasteiger partial charge on any atom is 0.343 e. The normalized spacial score (nSPS) is 20.9. The third-order valence-electron chi connectivity index (χ3n) is 4.16. The number of furan rings is 1. The largest absolute Gasteiger partial charge is 0.497 e. The van der Waals surface area contributed by atoms with E-state index in [0.29, 0.717) is 16.9 Å². The molecule has 1 fully saturated rings. The second kappa shape index (κ2) is 5.57. The van der Waals surface area contributed by atoms with Gasteiger partial charge in [-0.2, -0.15) is 0 Å². The van der Waals surface area contributed by atoms with Gasteiger partial charge in [-0.25, -0.2) is 9.18 Å². The van der Waals surface area contributed by atoms with Crippen LogP contribution in [0.5, 0.6) is 5.75 Å². The second-order valence-electron chi connectivity index (χ2n) is 5.64. The minimum absolute atomic E-state index is 0.0367. The number of alkyl halides is 1. The van der Waals surface area contributed by atoms with Crippen LogP contribution in [0.15, 0.2) is 28.9 Å². The molecule has 1 aromatic carbocycles. The summed E-state index contributed by atoms with van der Waals surface area (Å²) in [5.74, 6) is -1.19. The molecule has 0 saturated carbocycles. The Labute approximate surface area is 131 Å². The predicted octanol–water partition coefficient (Wildman–Crippen LogP) is 2.01. The van der Waals surface area contributed by atoms with Crippen molar-refractivity contribution >= 4 is 22.8 Å². The number of likely N-dealkylation sites (tertiary alicyclic amines) is 1. The molecule has 3 rings (SSSR count). The van der Waals surface area contributed by atoms with Crippen molar-refractivity contribution in [2.75, 3.05) is 20.2 Å². The Kier molecular flexibility index (Phi) is 3.71. The van der Waals surface area contributed by atoms with Crippen LogP contribution >= 0.6 is 0 Å². The van der Waals surface area contributed by atoms with Gasteiger partial charge in [0.1, 0.15) is 11.3 Å². The van der Waals surface area contributed by atoms with Gasteiger partial charge in [0.2, 0.25) is 11.6 Å². The van der Waals surface area contributed by atoms with Crippen LogP contribution in [0.2, 0.25) is 0 Å². The molecule has 1 saturated heterocycles. The highest BCUT2D eigenvalue weighted by molar-refractivity contribution is 5.89. The summed E-state index contributed by atoms with van der Waals surface area (Å²) >= 11 is 0. The second-order valence-corrected chi connectivity index (χ2v) is 5.64. The molecule has 0 spiro atoms. The lowest BCUT2D eigenvalue weighted by Crippen LogP contribution is -2.39. The summed E-state index contributed by atoms with van der Waals surface area (Å²) < 4.78 is 24.6. The highest BCUT2D eigenvalue weighted by Gasteiger charge is 2.46. The molecule has 1 atom stereocenters. The summed E-state index contributed by atoms with van der Waals surface area (Å²) in [7, 11) is 1.55. The van der Waals surface area contributed by atoms with Crippen LogP contribution in [0.25, 0.3) is 11.0 Å². The molecule has 0 radical (unpaired) electrons. The lowest BCUT2D eigenvalue weighted by Gasteiger charge is -2.17. The fraction of sp³-hybridized carbons (Fsp3) is 0.375. The van der Waals surface area contributed by atoms with E-state index in [1.807, 2.05) is 0 Å². The van der Waals surface area contributed by atoms with E-state index in [2.05, 4.69) is 0 Å². The molecule has 1 unspecified atom stereocenters. The number of carboxylic acid groups (broad SMARTS) is 1. The van der Waals surface area contributed by atoms with Gasteiger partial charge in [0.25, 0.3) is 0 Å². The number of rotatable bonds is 4. The number of hydrogen-bond acceptors (Lipinski definition) is 4. The fourth-order valence-corrected chi connectivity index (χ4v) is 2.76. The zero-order valence-electron chi connectivity index (χ0n) is 12.5. The highest BCUT2D eigenvalue weighted by Crippen LogP contribution is 2.29. The zero-order valence-corrected chi connectivity index (χ0v) is 12.5. The van der Waals surface area contributed by atoms with E-state index < -0.39 is 18.2 Å². The molecule has 1 aromatic heterocycles. The van der Waals surface area contributed by atoms with Crippen molar-refractivity contribution in [3.63, 3.8) is 0 Å². The molecule has 23 heavy (non-hydrogen) atoms. The average molecular weight is 321 g/mol. The maximum atomic E-state index is 14.0. The van der Waals surface area contributed by atoms with Gasteiger partial charge in [-0.15, -0.1) is 0 Å². The van der Waals surface area contributed by atoms with Crippen LogP contribution in [0.3, 0.4) is 0 Å². The lowest BCUT2D eigenvalue weighted by molar-refractivity contribution is -0.150. The van der Waals surface area contributed by atoms with Crippen molar-refractivity contribution in [3.8, 4) is 5.75 Å². The van der Waals surface area contributed by atoms with E-state index in [1.54, 1.807) is 25.3 Å². The number of fused-ring (bicyclic) bond motifs is 1. The van der Waals surface area contributed by atoms with Gasteiger partial charge in [0, 0.05) is 30.0 Å². The Morgan fingerprint density at radius 2 is 2.26 bits per heavy atom. The number of hydrogen-bond donors (Lipinski definition) is 1. The van der Waals surface area contributed by atoms with Gasteiger partial charge in [-0.1, -0.05) is 0 Å². The van der Waals surface area contributed by atoms with E-state index >= 15 is 0 Å². The number of methoxy groups -OCH3 is 1. The summed E-state index contributed by atoms with van der Waals surface area (Å²) in [5, 5.41) is 9.66. The van der Waals surface area contributed by atoms with Crippen LogP contribution in [0.1, 0.15) is 12.0 Å². The highest BCUT2D eigenvalue weighted by atomic mass is 19.1. The first-order valence-electron chi connectivity index (χ1n) is 7.17. The first-order chi connectivity index (χ1) is 10.9. The summed E-state index contributed by atoms with van der Waals surface area (Å²) in [6.07, 6.45) is 1.34. The van der Waals surface area contributed by atoms with E-state index in [-0.39, 0.29) is 25.3 Å². The molecular formula is C16H16FNO5. The Bertz CT molecular complexity index is 771. The number of halogens is 1. The number of carbonyl (C=O) groups is 2. The number of benzene rings is 1. The Morgan fingerprint density at radius 3 is 2.91 bits per heavy atom. The Hall–Kier alpha value is -2.57. The van der Waals surface area contributed by atoms with Crippen molar-refractivity contribution in [1.82, 2.24) is 4.90 Å². The van der Waals surface area contributed by atoms with Crippen molar-refractivity contribution < 1.29 is 28.2 Å². The van der Waals surface area contributed by atoms with E-state index in [1.165, 1.54) is 11.2 Å². The van der Waals surface area contributed by atoms with Crippen molar-refractivity contribution in [2.45, 2.75) is 18.5 Å². The molecule has 2 heterocycles. The summed E-state index contributed by atoms with van der Waals surface area (Å²) in [4.78, 5) is 24.4. The van der Waals surface area contributed by atoms with Gasteiger partial charge >= 0.3 is 5.97 Å². The van der Waals surface area contributed by atoms with Crippen molar-refractivity contribution in [3.05, 3.63) is 30.0 Å². The average Bonchev–Trinajstić information content (AvgIpc) is 3.12. The third-order valence-corrected chi connectivity index (χ3v) is 4.16. The topological polar surface area (TPSA) is 80.0 Å². The van der Waals surface area contributed by atoms with Gasteiger partial charge in [0.15, 0.2) is 0 Å². The third kappa shape index (κ3) is 2.74. The molecule has 122 valence electrons. The number of aliphatic carboxylic acids is 1. The Balaban J connectivity index is 1.75. The molecule has 2 aromatic rings. The standard InChI is InChI=1S/C16H16FNO5/c1-22-11-2-3-12-10(8-23-13(12)7-11)6-14(19)18-5-4-16(17,9-18)15(20)21/h2-3,7-8H,4-6,9H2,1H3,(H,20,21). The van der Waals surface area contributed by atoms with Crippen LogP contribution in [-0.2, 0) is 16.0 Å². The van der Waals surface area contributed by atoms with Crippen LogP contribution < -0.4 is 4.74 Å². The van der Waals surface area contributed by atoms with Crippen molar-refractivity contribution in [2.24, 2.45) is 0 Å². The van der Waals surface area contributed by atoms with Crippen LogP contribution in [0, 0.1) is 0 Å². The number of carbonyl (C=O) groups excluding carboxylic acids is 1.